The van der Waals surface area contributed by atoms with E-state index in [0.29, 0.717) is 0 Å². The standard InChI is InChI=1S/C15H23N5O2S/c21-23(22)10-12-13(11-23)20(9-6-16-12)14-4-5-17-15(18-14)19-7-2-1-3-8-19/h4-5,12-13,16H,1-3,6-11H2. The van der Waals surface area contributed by atoms with Gasteiger partial charge in [0.15, 0.2) is 9.84 Å². The van der Waals surface area contributed by atoms with Gasteiger partial charge < -0.3 is 15.1 Å². The lowest BCUT2D eigenvalue weighted by molar-refractivity contribution is 0.422. The maximum atomic E-state index is 12.0. The summed E-state index contributed by atoms with van der Waals surface area (Å²) in [7, 11) is -2.96. The van der Waals surface area contributed by atoms with Gasteiger partial charge in [-0.25, -0.2) is 13.4 Å². The molecule has 0 amide bonds. The summed E-state index contributed by atoms with van der Waals surface area (Å²) >= 11 is 0. The molecule has 0 bridgehead atoms. The highest BCUT2D eigenvalue weighted by Gasteiger charge is 2.43. The molecule has 4 rings (SSSR count). The number of piperidine rings is 1. The van der Waals surface area contributed by atoms with E-state index < -0.39 is 9.84 Å². The van der Waals surface area contributed by atoms with Crippen molar-refractivity contribution in [1.29, 1.82) is 0 Å². The third-order valence-electron chi connectivity index (χ3n) is 5.04. The zero-order chi connectivity index (χ0) is 15.9. The predicted octanol–water partition coefficient (Wildman–Crippen LogP) is 0.0421. The molecule has 0 spiro atoms. The number of anilines is 2. The minimum atomic E-state index is -2.96. The van der Waals surface area contributed by atoms with Crippen molar-refractivity contribution in [3.63, 3.8) is 0 Å². The normalized spacial score (nSPS) is 30.3. The highest BCUT2D eigenvalue weighted by molar-refractivity contribution is 7.91. The molecule has 1 aromatic rings. The minimum Gasteiger partial charge on any atom is -0.350 e. The van der Waals surface area contributed by atoms with Crippen LogP contribution in [0.15, 0.2) is 12.3 Å². The second-order valence-corrected chi connectivity index (χ2v) is 8.81. The molecule has 3 saturated heterocycles. The van der Waals surface area contributed by atoms with E-state index >= 15 is 0 Å². The molecule has 3 fully saturated rings. The van der Waals surface area contributed by atoms with Crippen molar-refractivity contribution in [2.75, 3.05) is 47.5 Å². The van der Waals surface area contributed by atoms with Crippen LogP contribution in [-0.4, -0.2) is 68.2 Å². The minimum absolute atomic E-state index is 0.0159. The molecule has 3 aliphatic heterocycles. The number of sulfone groups is 1. The fraction of sp³-hybridized carbons (Fsp3) is 0.733. The van der Waals surface area contributed by atoms with E-state index in [1.54, 1.807) is 6.20 Å². The predicted molar refractivity (Wildman–Crippen MR) is 89.7 cm³/mol. The molecule has 126 valence electrons. The second kappa shape index (κ2) is 5.90. The molecule has 4 heterocycles. The summed E-state index contributed by atoms with van der Waals surface area (Å²) in [6, 6.07) is 1.90. The van der Waals surface area contributed by atoms with Gasteiger partial charge in [-0.2, -0.15) is 4.98 Å². The summed E-state index contributed by atoms with van der Waals surface area (Å²) in [6.45, 7) is 3.59. The molecule has 2 atom stereocenters. The molecule has 7 nitrogen and oxygen atoms in total. The van der Waals surface area contributed by atoms with Crippen molar-refractivity contribution in [1.82, 2.24) is 15.3 Å². The second-order valence-electron chi connectivity index (χ2n) is 6.66. The molecule has 0 radical (unpaired) electrons. The highest BCUT2D eigenvalue weighted by atomic mass is 32.2. The van der Waals surface area contributed by atoms with Crippen molar-refractivity contribution in [3.05, 3.63) is 12.3 Å². The first kappa shape index (κ1) is 15.1. The topological polar surface area (TPSA) is 78.4 Å². The van der Waals surface area contributed by atoms with Crippen LogP contribution in [0, 0.1) is 0 Å². The van der Waals surface area contributed by atoms with Crippen LogP contribution in [-0.2, 0) is 9.84 Å². The number of piperazine rings is 1. The molecule has 2 unspecified atom stereocenters. The number of nitrogens with one attached hydrogen (secondary N) is 1. The van der Waals surface area contributed by atoms with Gasteiger partial charge in [0.05, 0.1) is 17.5 Å². The van der Waals surface area contributed by atoms with Gasteiger partial charge in [-0.05, 0) is 25.3 Å². The summed E-state index contributed by atoms with van der Waals surface area (Å²) in [6.07, 6.45) is 5.44. The molecule has 1 aromatic heterocycles. The summed E-state index contributed by atoms with van der Waals surface area (Å²) in [5.41, 5.74) is 0. The maximum Gasteiger partial charge on any atom is 0.227 e. The van der Waals surface area contributed by atoms with Gasteiger partial charge in [-0.1, -0.05) is 0 Å². The Morgan fingerprint density at radius 3 is 2.78 bits per heavy atom. The molecular weight excluding hydrogens is 314 g/mol. The van der Waals surface area contributed by atoms with Crippen molar-refractivity contribution in [2.24, 2.45) is 0 Å². The summed E-state index contributed by atoms with van der Waals surface area (Å²) in [5.74, 6) is 2.08. The first-order chi connectivity index (χ1) is 11.1. The van der Waals surface area contributed by atoms with Crippen LogP contribution in [0.4, 0.5) is 11.8 Å². The lowest BCUT2D eigenvalue weighted by Gasteiger charge is -2.38. The Morgan fingerprint density at radius 2 is 1.96 bits per heavy atom. The Balaban J connectivity index is 1.59. The van der Waals surface area contributed by atoms with E-state index in [1.807, 2.05) is 6.07 Å². The van der Waals surface area contributed by atoms with E-state index in [1.165, 1.54) is 19.3 Å². The van der Waals surface area contributed by atoms with Crippen molar-refractivity contribution in [2.45, 2.75) is 31.3 Å². The van der Waals surface area contributed by atoms with E-state index in [2.05, 4.69) is 20.1 Å². The molecule has 0 aromatic carbocycles. The molecule has 0 aliphatic carbocycles. The van der Waals surface area contributed by atoms with Crippen LogP contribution in [0.1, 0.15) is 19.3 Å². The van der Waals surface area contributed by atoms with Crippen molar-refractivity contribution in [3.8, 4) is 0 Å². The summed E-state index contributed by atoms with van der Waals surface area (Å²) in [4.78, 5) is 13.6. The Hall–Kier alpha value is -1.41. The number of hydrogen-bond donors (Lipinski definition) is 1. The Kier molecular flexibility index (Phi) is 3.88. The van der Waals surface area contributed by atoms with Crippen molar-refractivity contribution < 1.29 is 8.42 Å². The van der Waals surface area contributed by atoms with E-state index in [4.69, 9.17) is 4.98 Å². The number of rotatable bonds is 2. The first-order valence-electron chi connectivity index (χ1n) is 8.41. The van der Waals surface area contributed by atoms with Gasteiger partial charge in [0.25, 0.3) is 0 Å². The largest absolute Gasteiger partial charge is 0.350 e. The third-order valence-corrected chi connectivity index (χ3v) is 6.76. The van der Waals surface area contributed by atoms with Crippen LogP contribution in [0.25, 0.3) is 0 Å². The lowest BCUT2D eigenvalue weighted by atomic mass is 10.1. The number of hydrogen-bond acceptors (Lipinski definition) is 7. The molecule has 1 N–H and O–H groups in total. The van der Waals surface area contributed by atoms with E-state index in [0.717, 1.165) is 37.9 Å². The van der Waals surface area contributed by atoms with Gasteiger partial charge in [0, 0.05) is 38.4 Å². The fourth-order valence-electron chi connectivity index (χ4n) is 3.90. The van der Waals surface area contributed by atoms with Crippen LogP contribution in [0.3, 0.4) is 0 Å². The van der Waals surface area contributed by atoms with Gasteiger partial charge in [0.2, 0.25) is 5.95 Å². The highest BCUT2D eigenvalue weighted by Crippen LogP contribution is 2.27. The zero-order valence-electron chi connectivity index (χ0n) is 13.2. The van der Waals surface area contributed by atoms with Gasteiger partial charge in [-0.15, -0.1) is 0 Å². The van der Waals surface area contributed by atoms with Crippen LogP contribution in [0.5, 0.6) is 0 Å². The average molecular weight is 337 g/mol. The van der Waals surface area contributed by atoms with Crippen LogP contribution >= 0.6 is 0 Å². The molecule has 23 heavy (non-hydrogen) atoms. The first-order valence-corrected chi connectivity index (χ1v) is 10.2. The number of fused-ring (bicyclic) bond motifs is 1. The monoisotopic (exact) mass is 337 g/mol. The van der Waals surface area contributed by atoms with Gasteiger partial charge in [0.1, 0.15) is 5.82 Å². The Labute approximate surface area is 137 Å². The molecule has 3 aliphatic rings. The summed E-state index contributed by atoms with van der Waals surface area (Å²) < 4.78 is 24.0. The van der Waals surface area contributed by atoms with Gasteiger partial charge in [-0.3, -0.25) is 0 Å². The fourth-order valence-corrected chi connectivity index (χ4v) is 5.85. The van der Waals surface area contributed by atoms with Crippen molar-refractivity contribution >= 4 is 21.6 Å². The number of aromatic nitrogens is 2. The molecule has 8 heteroatoms. The molecular formula is C15H23N5O2S. The third kappa shape index (κ3) is 3.01. The summed E-state index contributed by atoms with van der Waals surface area (Å²) in [5, 5.41) is 3.34. The average Bonchev–Trinajstić information content (AvgIpc) is 2.89. The van der Waals surface area contributed by atoms with Gasteiger partial charge >= 0.3 is 0 Å². The van der Waals surface area contributed by atoms with Crippen LogP contribution in [0.2, 0.25) is 0 Å². The SMILES string of the molecule is O=S1(=O)CC2NCCN(c3ccnc(N4CCCCC4)n3)C2C1. The lowest BCUT2D eigenvalue weighted by Crippen LogP contribution is -2.57. The number of nitrogens with zero attached hydrogens (tertiary/aromatic N) is 4. The maximum absolute atomic E-state index is 12.0. The smallest absolute Gasteiger partial charge is 0.227 e. The Morgan fingerprint density at radius 1 is 1.13 bits per heavy atom. The zero-order valence-corrected chi connectivity index (χ0v) is 14.0. The molecule has 0 saturated carbocycles. The van der Waals surface area contributed by atoms with Crippen LogP contribution < -0.4 is 15.1 Å². The van der Waals surface area contributed by atoms with E-state index in [-0.39, 0.29) is 23.6 Å². The van der Waals surface area contributed by atoms with E-state index in [9.17, 15) is 8.42 Å². The quantitative estimate of drug-likeness (QED) is 0.816. The Bertz CT molecular complexity index is 674.